The van der Waals surface area contributed by atoms with Crippen LogP contribution in [0.1, 0.15) is 41.5 Å². The zero-order valence-corrected chi connectivity index (χ0v) is 32.7. The molecule has 258 valence electrons. The molecule has 3 aromatic heterocycles. The number of aromatic amines is 3. The van der Waals surface area contributed by atoms with Crippen LogP contribution in [0.2, 0.25) is 0 Å². The predicted molar refractivity (Wildman–Crippen MR) is 201 cm³/mol. The second kappa shape index (κ2) is 17.8. The highest BCUT2D eigenvalue weighted by molar-refractivity contribution is 9.11. The highest BCUT2D eigenvalue weighted by Gasteiger charge is 2.16. The fraction of sp³-hybridized carbons (Fsp3) is 0.235. The number of aromatic nitrogens is 3. The average molecular weight is 872 g/mol. The molecule has 6 rings (SSSR count). The molecule has 0 spiro atoms. The Labute approximate surface area is 310 Å². The van der Waals surface area contributed by atoms with Crippen molar-refractivity contribution in [1.29, 1.82) is 0 Å². The summed E-state index contributed by atoms with van der Waals surface area (Å²) in [6.07, 6.45) is -0.465. The largest absolute Gasteiger partial charge is 1.00 e. The number of rotatable bonds is 3. The van der Waals surface area contributed by atoms with Crippen LogP contribution in [0, 0.1) is 0 Å². The Bertz CT molecular complexity index is 1950. The molecule has 6 aromatic rings. The number of nitrogens with one attached hydrogen (secondary N) is 4. The number of ether oxygens (including phenoxy) is 2. The van der Waals surface area contributed by atoms with Crippen LogP contribution < -0.4 is 28.2 Å². The molecule has 10 nitrogen and oxygen atoms in total. The molecule has 0 aliphatic rings. The first-order valence-corrected chi connectivity index (χ1v) is 16.7. The molecule has 1 amide bonds. The van der Waals surface area contributed by atoms with Gasteiger partial charge >= 0.3 is 6.09 Å². The van der Waals surface area contributed by atoms with E-state index in [1.165, 1.54) is 0 Å². The van der Waals surface area contributed by atoms with Gasteiger partial charge in [0.05, 0.1) is 5.60 Å². The summed E-state index contributed by atoms with van der Waals surface area (Å²) in [4.78, 5) is 30.8. The van der Waals surface area contributed by atoms with Crippen LogP contribution >= 0.6 is 47.8 Å². The fourth-order valence-electron chi connectivity index (χ4n) is 3.90. The van der Waals surface area contributed by atoms with Gasteiger partial charge in [-0.1, -0.05) is 47.8 Å². The third-order valence-corrected chi connectivity index (χ3v) is 7.03. The van der Waals surface area contributed by atoms with Gasteiger partial charge in [-0.2, -0.15) is 0 Å². The summed E-state index contributed by atoms with van der Waals surface area (Å²) >= 11 is 10.1. The molecule has 0 fully saturated rings. The third-order valence-electron chi connectivity index (χ3n) is 5.56. The number of carbonyl (C=O) groups excluding carboxylic acids is 2. The van der Waals surface area contributed by atoms with Gasteiger partial charge in [-0.3, -0.25) is 10.1 Å². The molecule has 48 heavy (non-hydrogen) atoms. The lowest BCUT2D eigenvalue weighted by atomic mass is 10.2. The van der Waals surface area contributed by atoms with Gasteiger partial charge in [-0.15, -0.1) is 0 Å². The summed E-state index contributed by atoms with van der Waals surface area (Å²) < 4.78 is 12.9. The number of fused-ring (bicyclic) bond motifs is 3. The summed E-state index contributed by atoms with van der Waals surface area (Å²) in [6.45, 7) is 11.1. The van der Waals surface area contributed by atoms with E-state index >= 15 is 0 Å². The molecular weight excluding hydrogens is 834 g/mol. The van der Waals surface area contributed by atoms with Crippen molar-refractivity contribution < 1.29 is 36.6 Å². The number of benzene rings is 3. The molecule has 14 heteroatoms. The zero-order valence-electron chi connectivity index (χ0n) is 27.2. The average Bonchev–Trinajstić information content (AvgIpc) is 3.61. The van der Waals surface area contributed by atoms with Crippen LogP contribution in [0.4, 0.5) is 16.4 Å². The van der Waals surface area contributed by atoms with Crippen molar-refractivity contribution in [1.82, 2.24) is 15.0 Å². The maximum atomic E-state index is 11.6. The number of aliphatic hydroxyl groups is 1. The summed E-state index contributed by atoms with van der Waals surface area (Å²) in [7, 11) is 0. The minimum absolute atomic E-state index is 0. The molecule has 0 bridgehead atoms. The minimum atomic E-state index is -0.501. The van der Waals surface area contributed by atoms with Gasteiger partial charge in [0, 0.05) is 52.2 Å². The number of halogens is 4. The molecule has 0 aliphatic carbocycles. The van der Waals surface area contributed by atoms with Crippen molar-refractivity contribution in [2.24, 2.45) is 0 Å². The van der Waals surface area contributed by atoms with Crippen LogP contribution in [-0.4, -0.2) is 43.8 Å². The van der Waals surface area contributed by atoms with Crippen molar-refractivity contribution in [3.8, 4) is 5.88 Å². The number of amides is 1. The van der Waals surface area contributed by atoms with E-state index in [1.54, 1.807) is 26.8 Å². The van der Waals surface area contributed by atoms with E-state index < -0.39 is 17.3 Å². The van der Waals surface area contributed by atoms with Crippen molar-refractivity contribution in [2.45, 2.75) is 52.7 Å². The van der Waals surface area contributed by atoms with Crippen molar-refractivity contribution in [3.63, 3.8) is 0 Å². The Hall–Kier alpha value is -3.49. The predicted octanol–water partition coefficient (Wildman–Crippen LogP) is 7.04. The summed E-state index contributed by atoms with van der Waals surface area (Å²) in [5.41, 5.74) is 7.55. The van der Waals surface area contributed by atoms with Crippen LogP contribution in [0.3, 0.4) is 0 Å². The van der Waals surface area contributed by atoms with Gasteiger partial charge in [-0.05, 0) is 108 Å². The maximum absolute atomic E-state index is 11.6. The highest BCUT2D eigenvalue weighted by Crippen LogP contribution is 2.25. The summed E-state index contributed by atoms with van der Waals surface area (Å²) in [5, 5.41) is 14.4. The zero-order chi connectivity index (χ0) is 34.9. The lowest BCUT2D eigenvalue weighted by molar-refractivity contribution is -0.120. The molecular formula is C34H38Br3ClN5O5-. The van der Waals surface area contributed by atoms with Crippen LogP contribution in [0.25, 0.3) is 32.7 Å². The number of hydrogen-bond donors (Lipinski definition) is 6. The van der Waals surface area contributed by atoms with Gasteiger partial charge in [0.25, 0.3) is 6.47 Å². The van der Waals surface area contributed by atoms with E-state index in [1.807, 2.05) is 87.5 Å². The summed E-state index contributed by atoms with van der Waals surface area (Å²) in [5.74, 6) is 1.79. The fourth-order valence-corrected chi connectivity index (χ4v) is 5.04. The Morgan fingerprint density at radius 1 is 0.750 bits per heavy atom. The monoisotopic (exact) mass is 868 g/mol. The molecule has 7 N–H and O–H groups in total. The summed E-state index contributed by atoms with van der Waals surface area (Å²) in [6, 6.07) is 23.2. The van der Waals surface area contributed by atoms with E-state index in [0.29, 0.717) is 24.0 Å². The van der Waals surface area contributed by atoms with E-state index in [-0.39, 0.29) is 12.4 Å². The minimum Gasteiger partial charge on any atom is -1.00 e. The van der Waals surface area contributed by atoms with E-state index in [9.17, 15) is 9.59 Å². The number of H-pyrrole nitrogens is 3. The van der Waals surface area contributed by atoms with Gasteiger partial charge in [0.2, 0.25) is 5.88 Å². The first-order chi connectivity index (χ1) is 21.9. The number of hydrogen-bond acceptors (Lipinski definition) is 6. The van der Waals surface area contributed by atoms with Crippen LogP contribution in [0.5, 0.6) is 5.88 Å². The first-order valence-electron chi connectivity index (χ1n) is 14.3. The lowest BCUT2D eigenvalue weighted by Crippen LogP contribution is -3.00. The maximum Gasteiger partial charge on any atom is 0.413 e. The molecule has 0 aliphatic heterocycles. The topological polar surface area (TPSA) is 158 Å². The van der Waals surface area contributed by atoms with Gasteiger partial charge in [0.1, 0.15) is 17.2 Å². The molecule has 0 saturated heterocycles. The molecule has 0 saturated carbocycles. The Kier molecular flexibility index (Phi) is 15.1. The SMILES string of the molecule is CC(C)(C)O.CC(C)(C)OC(=O)Nc1cc2cc(Br)ccc2[nH]1.Nc1cc2cc(Br)ccc2[nH]1.O=COc1cc2cc(Br)ccc2[nH]1.[Cl-]. The second-order valence-corrected chi connectivity index (χ2v) is 15.0. The van der Waals surface area contributed by atoms with Gasteiger partial charge in [0.15, 0.2) is 0 Å². The second-order valence-electron chi connectivity index (χ2n) is 12.2. The number of carbonyl (C=O) groups is 2. The molecule has 0 atom stereocenters. The first kappa shape index (κ1) is 40.7. The number of anilines is 2. The van der Waals surface area contributed by atoms with Crippen molar-refractivity contribution in [2.75, 3.05) is 11.1 Å². The lowest BCUT2D eigenvalue weighted by Gasteiger charge is -2.19. The molecule has 3 aromatic carbocycles. The molecule has 3 heterocycles. The van der Waals surface area contributed by atoms with E-state index in [4.69, 9.17) is 15.6 Å². The smallest absolute Gasteiger partial charge is 0.413 e. The van der Waals surface area contributed by atoms with Crippen molar-refractivity contribution in [3.05, 3.63) is 86.2 Å². The molecule has 0 unspecified atom stereocenters. The van der Waals surface area contributed by atoms with Gasteiger partial charge < -0.3 is 47.7 Å². The van der Waals surface area contributed by atoms with E-state index in [0.717, 1.165) is 46.1 Å². The third kappa shape index (κ3) is 14.3. The normalized spacial score (nSPS) is 10.8. The number of nitrogens with two attached hydrogens (primary N) is 1. The van der Waals surface area contributed by atoms with E-state index in [2.05, 4.69) is 72.8 Å². The van der Waals surface area contributed by atoms with Crippen LogP contribution in [0.15, 0.2) is 86.2 Å². The van der Waals surface area contributed by atoms with Crippen LogP contribution in [-0.2, 0) is 9.53 Å². The Morgan fingerprint density at radius 3 is 1.67 bits per heavy atom. The Morgan fingerprint density at radius 2 is 1.19 bits per heavy atom. The Balaban J connectivity index is 0.000000237. The van der Waals surface area contributed by atoms with Gasteiger partial charge in [-0.25, -0.2) is 4.79 Å². The standard InChI is InChI=1S/C13H15BrN2O2.C9H6BrNO2.C8H7BrN2.C4H10O.ClH/c1-13(2,3)18-12(17)16-11-7-8-6-9(14)4-5-10(8)15-11;10-7-1-2-8-6(3-7)4-9(11-8)13-5-12;9-6-1-2-7-5(3-6)4-8(10)11-7;1-4(2,3)5;/h4-7,15H,1-3H3,(H,16,17);1-5,11H;1-4,11H,10H2;5H,1-3H3;1H/p-1. The quantitative estimate of drug-likeness (QED) is 0.105. The van der Waals surface area contributed by atoms with Crippen molar-refractivity contribution >= 4 is 105 Å². The highest BCUT2D eigenvalue weighted by atomic mass is 79.9. The molecule has 0 radical (unpaired) electrons. The number of nitrogen functional groups attached to an aromatic ring is 1.